The molecule has 0 aromatic heterocycles. The van der Waals surface area contributed by atoms with Crippen LogP contribution < -0.4 is 5.32 Å². The van der Waals surface area contributed by atoms with Crippen LogP contribution in [0, 0.1) is 0 Å². The van der Waals surface area contributed by atoms with E-state index in [1.807, 2.05) is 25.2 Å². The summed E-state index contributed by atoms with van der Waals surface area (Å²) >= 11 is 0. The van der Waals surface area contributed by atoms with E-state index >= 15 is 0 Å². The highest BCUT2D eigenvalue weighted by molar-refractivity contribution is 5.77. The number of hydrogen-bond donors (Lipinski definition) is 4. The van der Waals surface area contributed by atoms with Crippen LogP contribution in [-0.4, -0.2) is 46.1 Å². The molecule has 0 aromatic carbocycles. The van der Waals surface area contributed by atoms with Crippen LogP contribution in [0.15, 0.2) is 60.8 Å². The van der Waals surface area contributed by atoms with Crippen molar-refractivity contribution in [1.82, 2.24) is 5.32 Å². The SMILES string of the molecule is C/C=C/CC/C=C/CC/C=C/C(O)C(CO)NC(=O)CC(O)/C=C\C/C=C\CCCCCCCC. The van der Waals surface area contributed by atoms with Crippen LogP contribution in [0.1, 0.15) is 97.3 Å². The quantitative estimate of drug-likeness (QED) is 0.110. The molecular formula is C30H51NO4. The zero-order valence-electron chi connectivity index (χ0n) is 22.2. The number of nitrogens with one attached hydrogen (secondary N) is 1. The molecule has 4 N–H and O–H groups in total. The molecule has 35 heavy (non-hydrogen) atoms. The Morgan fingerprint density at radius 1 is 0.771 bits per heavy atom. The Bertz CT molecular complexity index is 636. The van der Waals surface area contributed by atoms with Gasteiger partial charge in [0.1, 0.15) is 0 Å². The molecule has 0 aliphatic carbocycles. The molecule has 0 fully saturated rings. The third-order valence-corrected chi connectivity index (χ3v) is 5.61. The van der Waals surface area contributed by atoms with Gasteiger partial charge in [-0.2, -0.15) is 0 Å². The Labute approximate surface area is 214 Å². The zero-order chi connectivity index (χ0) is 26.0. The smallest absolute Gasteiger partial charge is 0.223 e. The number of hydrogen-bond acceptors (Lipinski definition) is 4. The molecule has 0 spiro atoms. The highest BCUT2D eigenvalue weighted by Crippen LogP contribution is 2.07. The van der Waals surface area contributed by atoms with E-state index in [9.17, 15) is 20.1 Å². The summed E-state index contributed by atoms with van der Waals surface area (Å²) in [4.78, 5) is 12.2. The Morgan fingerprint density at radius 2 is 1.40 bits per heavy atom. The normalized spacial score (nSPS) is 15.2. The van der Waals surface area contributed by atoms with Gasteiger partial charge in [0.2, 0.25) is 5.91 Å². The summed E-state index contributed by atoms with van der Waals surface area (Å²) in [5.74, 6) is -0.406. The lowest BCUT2D eigenvalue weighted by molar-refractivity contribution is -0.124. The van der Waals surface area contributed by atoms with Crippen molar-refractivity contribution in [3.05, 3.63) is 60.8 Å². The standard InChI is InChI=1S/C30H51NO4/c1-3-5-7-9-11-13-14-16-17-19-21-23-27(33)25-30(35)31-28(26-32)29(34)24-22-20-18-15-12-10-8-6-4-2/h4,6,12,15-17,21-24,27-29,32-34H,3,5,7-11,13-14,18-20,25-26H2,1-2H3,(H,31,35)/b6-4+,15-12+,17-16-,23-21-,24-22+. The maximum atomic E-state index is 12.2. The number of carbonyl (C=O) groups excluding carboxylic acids is 1. The van der Waals surface area contributed by atoms with E-state index in [1.165, 1.54) is 38.5 Å². The van der Waals surface area contributed by atoms with Crippen LogP contribution in [0.2, 0.25) is 0 Å². The summed E-state index contributed by atoms with van der Waals surface area (Å²) in [5, 5.41) is 32.4. The fourth-order valence-electron chi connectivity index (χ4n) is 3.49. The zero-order valence-corrected chi connectivity index (χ0v) is 22.2. The van der Waals surface area contributed by atoms with Crippen LogP contribution in [0.25, 0.3) is 0 Å². The number of aliphatic hydroxyl groups excluding tert-OH is 3. The lowest BCUT2D eigenvalue weighted by Crippen LogP contribution is -2.45. The van der Waals surface area contributed by atoms with Gasteiger partial charge in [0.25, 0.3) is 0 Å². The predicted octanol–water partition coefficient (Wildman–Crippen LogP) is 6.08. The first-order chi connectivity index (χ1) is 17.0. The van der Waals surface area contributed by atoms with Gasteiger partial charge in [0, 0.05) is 0 Å². The maximum absolute atomic E-state index is 12.2. The van der Waals surface area contributed by atoms with Gasteiger partial charge in [0.15, 0.2) is 0 Å². The molecule has 0 aliphatic heterocycles. The lowest BCUT2D eigenvalue weighted by atomic mass is 10.1. The molecule has 0 bridgehead atoms. The Kier molecular flexibility index (Phi) is 23.8. The molecule has 0 aromatic rings. The van der Waals surface area contributed by atoms with Gasteiger partial charge in [-0.15, -0.1) is 0 Å². The monoisotopic (exact) mass is 489 g/mol. The minimum Gasteiger partial charge on any atom is -0.394 e. The van der Waals surface area contributed by atoms with E-state index in [-0.39, 0.29) is 13.0 Å². The molecule has 3 unspecified atom stereocenters. The van der Waals surface area contributed by atoms with Crippen molar-refractivity contribution in [3.8, 4) is 0 Å². The molecule has 0 aliphatic rings. The second kappa shape index (κ2) is 25.2. The first-order valence-corrected chi connectivity index (χ1v) is 13.6. The van der Waals surface area contributed by atoms with Gasteiger partial charge in [-0.3, -0.25) is 4.79 Å². The van der Waals surface area contributed by atoms with Crippen LogP contribution in [0.4, 0.5) is 0 Å². The third kappa shape index (κ3) is 22.3. The largest absolute Gasteiger partial charge is 0.394 e. The van der Waals surface area contributed by atoms with Crippen LogP contribution in [-0.2, 0) is 4.79 Å². The molecule has 5 heteroatoms. The molecule has 0 saturated carbocycles. The fourth-order valence-corrected chi connectivity index (χ4v) is 3.49. The first kappa shape index (κ1) is 33.0. The minimum atomic E-state index is -0.980. The Hall–Kier alpha value is -1.95. The van der Waals surface area contributed by atoms with Gasteiger partial charge >= 0.3 is 0 Å². The fraction of sp³-hybridized carbons (Fsp3) is 0.633. The predicted molar refractivity (Wildman–Crippen MR) is 148 cm³/mol. The van der Waals surface area contributed by atoms with Crippen molar-refractivity contribution in [3.63, 3.8) is 0 Å². The van der Waals surface area contributed by atoms with E-state index in [2.05, 4.69) is 42.6 Å². The van der Waals surface area contributed by atoms with Crippen molar-refractivity contribution >= 4 is 5.91 Å². The third-order valence-electron chi connectivity index (χ3n) is 5.61. The molecule has 3 atom stereocenters. The van der Waals surface area contributed by atoms with Crippen molar-refractivity contribution in [2.75, 3.05) is 6.61 Å². The number of rotatable bonds is 22. The number of unbranched alkanes of at least 4 members (excludes halogenated alkanes) is 8. The lowest BCUT2D eigenvalue weighted by Gasteiger charge is -2.20. The van der Waals surface area contributed by atoms with Gasteiger partial charge in [-0.25, -0.2) is 0 Å². The highest BCUT2D eigenvalue weighted by Gasteiger charge is 2.19. The van der Waals surface area contributed by atoms with Gasteiger partial charge in [0.05, 0.1) is 31.3 Å². The van der Waals surface area contributed by atoms with Crippen molar-refractivity contribution in [2.45, 2.75) is 116 Å². The van der Waals surface area contributed by atoms with Crippen molar-refractivity contribution in [1.29, 1.82) is 0 Å². The summed E-state index contributed by atoms with van der Waals surface area (Å²) in [6, 6.07) is -0.795. The van der Waals surface area contributed by atoms with E-state index in [0.717, 1.165) is 38.5 Å². The van der Waals surface area contributed by atoms with Crippen LogP contribution >= 0.6 is 0 Å². The molecule has 0 rings (SSSR count). The summed E-state index contributed by atoms with van der Waals surface area (Å²) < 4.78 is 0. The van der Waals surface area contributed by atoms with Crippen LogP contribution in [0.3, 0.4) is 0 Å². The van der Waals surface area contributed by atoms with E-state index in [0.29, 0.717) is 0 Å². The number of allylic oxidation sites excluding steroid dienone is 8. The van der Waals surface area contributed by atoms with Crippen molar-refractivity contribution < 1.29 is 20.1 Å². The van der Waals surface area contributed by atoms with Crippen molar-refractivity contribution in [2.24, 2.45) is 0 Å². The topological polar surface area (TPSA) is 89.8 Å². The Morgan fingerprint density at radius 3 is 2.09 bits per heavy atom. The number of amides is 1. The van der Waals surface area contributed by atoms with Gasteiger partial charge in [-0.1, -0.05) is 99.8 Å². The second-order valence-electron chi connectivity index (χ2n) is 8.93. The van der Waals surface area contributed by atoms with Gasteiger partial charge in [-0.05, 0) is 51.9 Å². The summed E-state index contributed by atoms with van der Waals surface area (Å²) in [6.07, 6.45) is 30.9. The maximum Gasteiger partial charge on any atom is 0.223 e. The minimum absolute atomic E-state index is 0.108. The van der Waals surface area contributed by atoms with E-state index < -0.39 is 24.2 Å². The van der Waals surface area contributed by atoms with Crippen LogP contribution in [0.5, 0.6) is 0 Å². The first-order valence-electron chi connectivity index (χ1n) is 13.6. The summed E-state index contributed by atoms with van der Waals surface area (Å²) in [5.41, 5.74) is 0. The molecular weight excluding hydrogens is 438 g/mol. The highest BCUT2D eigenvalue weighted by atomic mass is 16.3. The average molecular weight is 490 g/mol. The molecule has 1 amide bonds. The number of carbonyl (C=O) groups is 1. The second-order valence-corrected chi connectivity index (χ2v) is 8.93. The average Bonchev–Trinajstić information content (AvgIpc) is 2.84. The molecule has 5 nitrogen and oxygen atoms in total. The molecule has 0 saturated heterocycles. The molecule has 200 valence electrons. The Balaban J connectivity index is 4.08. The summed E-state index contributed by atoms with van der Waals surface area (Å²) in [7, 11) is 0. The number of aliphatic hydroxyl groups is 3. The van der Waals surface area contributed by atoms with E-state index in [4.69, 9.17) is 0 Å². The van der Waals surface area contributed by atoms with Gasteiger partial charge < -0.3 is 20.6 Å². The molecule has 0 radical (unpaired) electrons. The molecule has 0 heterocycles. The summed E-state index contributed by atoms with van der Waals surface area (Å²) in [6.45, 7) is 3.86. The van der Waals surface area contributed by atoms with E-state index in [1.54, 1.807) is 12.2 Å².